The zero-order valence-electron chi connectivity index (χ0n) is 16.5. The van der Waals surface area contributed by atoms with Gasteiger partial charge in [-0.2, -0.15) is 0 Å². The van der Waals surface area contributed by atoms with Gasteiger partial charge in [-0.15, -0.1) is 23.1 Å². The normalized spacial score (nSPS) is 17.0. The van der Waals surface area contributed by atoms with Crippen molar-refractivity contribution in [3.63, 3.8) is 0 Å². The quantitative estimate of drug-likeness (QED) is 0.334. The Kier molecular flexibility index (Phi) is 14.4. The molecule has 0 aliphatic carbocycles. The summed E-state index contributed by atoms with van der Waals surface area (Å²) in [6.07, 6.45) is 0.652. The third-order valence-electron chi connectivity index (χ3n) is 3.36. The zero-order chi connectivity index (χ0) is 22.4. The maximum absolute atomic E-state index is 11.3. The fourth-order valence-corrected chi connectivity index (χ4v) is 4.10. The van der Waals surface area contributed by atoms with Gasteiger partial charge in [0.2, 0.25) is 0 Å². The number of hydrogen-bond donors (Lipinski definition) is 0. The number of carbonyl (C=O) groups excluding carboxylic acids is 4. The summed E-state index contributed by atoms with van der Waals surface area (Å²) in [5.74, 6) is 0.0458. The van der Waals surface area contributed by atoms with Gasteiger partial charge >= 0.3 is 34.4 Å². The van der Waals surface area contributed by atoms with Crippen LogP contribution >= 0.6 is 23.1 Å². The molecule has 9 nitrogen and oxygen atoms in total. The molecule has 1 aliphatic rings. The molecule has 163 valence electrons. The number of ether oxygens (including phenoxy) is 2. The van der Waals surface area contributed by atoms with E-state index in [1.54, 1.807) is 32.5 Å². The molecule has 1 saturated heterocycles. The Morgan fingerprint density at radius 2 is 1.72 bits per heavy atom. The summed E-state index contributed by atoms with van der Waals surface area (Å²) < 4.78 is 26.4. The molecule has 1 aliphatic heterocycles. The number of hydrogen-bond acceptors (Lipinski definition) is 11. The van der Waals surface area contributed by atoms with Gasteiger partial charge in [0.1, 0.15) is 5.78 Å². The molecule has 0 saturated carbocycles. The first-order valence-corrected chi connectivity index (χ1v) is 11.4. The Morgan fingerprint density at radius 3 is 2.14 bits per heavy atom. The van der Waals surface area contributed by atoms with E-state index in [0.29, 0.717) is 24.6 Å². The van der Waals surface area contributed by atoms with E-state index in [4.69, 9.17) is 17.1 Å². The second kappa shape index (κ2) is 15.3. The van der Waals surface area contributed by atoms with Crippen LogP contribution in [0.1, 0.15) is 54.4 Å². The molecule has 0 spiro atoms. The second-order valence-corrected chi connectivity index (χ2v) is 7.79. The molecule has 12 heteroatoms. The summed E-state index contributed by atoms with van der Waals surface area (Å²) >= 11 is 1.28. The minimum atomic E-state index is -1.44. The number of Topliss-reactive ketones (excluding diaryl/α,β-unsaturated/α-hetero) is 2. The number of carbonyl (C=O) groups is 4. The summed E-state index contributed by atoms with van der Waals surface area (Å²) in [6.45, 7) is 7.23. The first-order valence-electron chi connectivity index (χ1n) is 8.53. The van der Waals surface area contributed by atoms with Crippen LogP contribution in [0.3, 0.4) is 0 Å². The SMILES string of the molecule is CCOC(=O)C1CSC(C(C)=O)C1.CCOC(=O)c1csc(C(C)=O)n1.[O]=[Mn]=[O]. The van der Waals surface area contributed by atoms with Gasteiger partial charge in [-0.25, -0.2) is 9.78 Å². The number of rotatable bonds is 6. The summed E-state index contributed by atoms with van der Waals surface area (Å²) in [4.78, 5) is 48.0. The van der Waals surface area contributed by atoms with Crippen molar-refractivity contribution in [3.8, 4) is 0 Å². The van der Waals surface area contributed by atoms with Gasteiger partial charge in [0, 0.05) is 18.1 Å². The van der Waals surface area contributed by atoms with Crippen LogP contribution in [-0.4, -0.2) is 52.7 Å². The van der Waals surface area contributed by atoms with Crippen molar-refractivity contribution >= 4 is 46.6 Å². The third kappa shape index (κ3) is 10.6. The van der Waals surface area contributed by atoms with Crippen LogP contribution in [0.5, 0.6) is 0 Å². The first kappa shape index (κ1) is 27.4. The van der Waals surface area contributed by atoms with E-state index in [-0.39, 0.29) is 34.4 Å². The molecular weight excluding hydrogens is 465 g/mol. The topological polar surface area (TPSA) is 134 Å². The third-order valence-corrected chi connectivity index (χ3v) is 5.83. The fraction of sp³-hybridized carbons (Fsp3) is 0.588. The number of thioether (sulfide) groups is 1. The van der Waals surface area contributed by atoms with Crippen LogP contribution in [-0.2, 0) is 41.6 Å². The molecule has 2 rings (SSSR count). The van der Waals surface area contributed by atoms with Gasteiger partial charge in [-0.05, 0) is 27.2 Å². The molecule has 1 aromatic rings. The zero-order valence-corrected chi connectivity index (χ0v) is 19.3. The van der Waals surface area contributed by atoms with Crippen molar-refractivity contribution in [2.75, 3.05) is 19.0 Å². The summed E-state index contributed by atoms with van der Waals surface area (Å²) in [5, 5.41) is 1.87. The number of aromatic nitrogens is 1. The molecule has 1 fully saturated rings. The average Bonchev–Trinajstić information content (AvgIpc) is 3.33. The van der Waals surface area contributed by atoms with Crippen LogP contribution < -0.4 is 0 Å². The van der Waals surface area contributed by atoms with Crippen molar-refractivity contribution in [2.24, 2.45) is 5.92 Å². The molecule has 0 aromatic carbocycles. The number of nitrogens with zero attached hydrogens (tertiary/aromatic N) is 1. The molecule has 0 N–H and O–H groups in total. The van der Waals surface area contributed by atoms with Crippen molar-refractivity contribution in [1.82, 2.24) is 4.98 Å². The Morgan fingerprint density at radius 1 is 1.14 bits per heavy atom. The predicted octanol–water partition coefficient (Wildman–Crippen LogP) is 2.54. The molecule has 0 amide bonds. The van der Waals surface area contributed by atoms with E-state index >= 15 is 0 Å². The van der Waals surface area contributed by atoms with Gasteiger partial charge in [-0.1, -0.05) is 0 Å². The summed E-state index contributed by atoms with van der Waals surface area (Å²) in [5.41, 5.74) is 0.206. The van der Waals surface area contributed by atoms with Crippen LogP contribution in [0, 0.1) is 5.92 Å². The van der Waals surface area contributed by atoms with Gasteiger partial charge in [0.25, 0.3) is 0 Å². The Hall–Kier alpha value is -1.62. The predicted molar refractivity (Wildman–Crippen MR) is 101 cm³/mol. The number of ketones is 2. The van der Waals surface area contributed by atoms with Crippen LogP contribution in [0.25, 0.3) is 0 Å². The molecule has 2 heterocycles. The number of thiazole rings is 1. The van der Waals surface area contributed by atoms with Crippen molar-refractivity contribution in [2.45, 2.75) is 39.4 Å². The van der Waals surface area contributed by atoms with Gasteiger partial charge in [-0.3, -0.25) is 14.4 Å². The first-order chi connectivity index (χ1) is 13.7. The molecule has 1 aromatic heterocycles. The van der Waals surface area contributed by atoms with Crippen molar-refractivity contribution in [1.29, 1.82) is 0 Å². The van der Waals surface area contributed by atoms with Crippen molar-refractivity contribution < 1.29 is 51.1 Å². The van der Waals surface area contributed by atoms with E-state index in [2.05, 4.69) is 4.98 Å². The molecule has 2 atom stereocenters. The van der Waals surface area contributed by atoms with Crippen LogP contribution in [0.15, 0.2) is 5.38 Å². The molecule has 0 radical (unpaired) electrons. The second-order valence-electron chi connectivity index (χ2n) is 5.49. The van der Waals surface area contributed by atoms with Gasteiger partial charge in [0.05, 0.1) is 24.4 Å². The minimum absolute atomic E-state index is 0.00871. The summed E-state index contributed by atoms with van der Waals surface area (Å²) in [7, 11) is 0. The van der Waals surface area contributed by atoms with Gasteiger partial charge in [0.15, 0.2) is 16.5 Å². The standard InChI is InChI=1S/C9H14O3S.C8H9NO3S.Mn.2O/c1-3-12-9(11)7-4-8(6(2)10)13-5-7;1-3-12-8(11)6-4-13-7(9-6)5(2)10;;;/h7-8H,3-5H2,1-2H3;4H,3H2,1-2H3;;;. The van der Waals surface area contributed by atoms with E-state index in [1.165, 1.54) is 12.3 Å². The molecular formula is C17H23MnNO8S2. The van der Waals surface area contributed by atoms with E-state index in [0.717, 1.165) is 17.1 Å². The Balaban J connectivity index is 0.000000477. The average molecular weight is 488 g/mol. The molecule has 2 unspecified atom stereocenters. The monoisotopic (exact) mass is 488 g/mol. The molecule has 29 heavy (non-hydrogen) atoms. The van der Waals surface area contributed by atoms with E-state index in [1.807, 2.05) is 0 Å². The molecule has 0 bridgehead atoms. The van der Waals surface area contributed by atoms with Crippen LogP contribution in [0.4, 0.5) is 0 Å². The summed E-state index contributed by atoms with van der Waals surface area (Å²) in [6, 6.07) is 0. The Labute approximate surface area is 182 Å². The van der Waals surface area contributed by atoms with Crippen molar-refractivity contribution in [3.05, 3.63) is 16.1 Å². The van der Waals surface area contributed by atoms with Crippen LogP contribution in [0.2, 0.25) is 0 Å². The number of esters is 2. The van der Waals surface area contributed by atoms with Gasteiger partial charge < -0.3 is 9.47 Å². The maximum atomic E-state index is 11.3. The fourth-order valence-electron chi connectivity index (χ4n) is 2.07. The Bertz CT molecular complexity index is 746. The van der Waals surface area contributed by atoms with E-state index < -0.39 is 20.8 Å². The van der Waals surface area contributed by atoms with E-state index in [9.17, 15) is 19.2 Å².